The van der Waals surface area contributed by atoms with E-state index in [1.54, 1.807) is 36.4 Å². The summed E-state index contributed by atoms with van der Waals surface area (Å²) >= 11 is 0. The molecule has 0 saturated carbocycles. The third-order valence-corrected chi connectivity index (χ3v) is 5.38. The highest BCUT2D eigenvalue weighted by atomic mass is 16.3. The zero-order valence-corrected chi connectivity index (χ0v) is 16.1. The molecule has 0 spiro atoms. The normalized spacial score (nSPS) is 13.1. The summed E-state index contributed by atoms with van der Waals surface area (Å²) in [5.74, 6) is 0.184. The Labute approximate surface area is 165 Å². The van der Waals surface area contributed by atoms with Crippen molar-refractivity contribution in [3.8, 4) is 5.75 Å². The molecule has 0 unspecified atom stereocenters. The molecule has 140 valence electrons. The van der Waals surface area contributed by atoms with Crippen LogP contribution in [0.5, 0.6) is 5.75 Å². The van der Waals surface area contributed by atoms with E-state index in [1.165, 1.54) is 22.3 Å². The Hall–Kier alpha value is -3.33. The van der Waals surface area contributed by atoms with Crippen LogP contribution in [0.25, 0.3) is 6.08 Å². The minimum absolute atomic E-state index is 0.0319. The highest BCUT2D eigenvalue weighted by molar-refractivity contribution is 6.07. The smallest absolute Gasteiger partial charge is 0.185 e. The van der Waals surface area contributed by atoms with E-state index < -0.39 is 0 Å². The fourth-order valence-corrected chi connectivity index (χ4v) is 3.57. The van der Waals surface area contributed by atoms with Crippen molar-refractivity contribution in [2.24, 2.45) is 0 Å². The van der Waals surface area contributed by atoms with Crippen LogP contribution < -0.4 is 4.90 Å². The van der Waals surface area contributed by atoms with E-state index >= 15 is 0 Å². The predicted octanol–water partition coefficient (Wildman–Crippen LogP) is 5.43. The molecule has 1 heterocycles. The van der Waals surface area contributed by atoms with Gasteiger partial charge in [0.1, 0.15) is 5.75 Å². The van der Waals surface area contributed by atoms with Crippen LogP contribution in [0.1, 0.15) is 38.2 Å². The molecular formula is C25H23NO2. The molecule has 1 aliphatic heterocycles. The van der Waals surface area contributed by atoms with Gasteiger partial charge in [0.05, 0.1) is 0 Å². The molecule has 0 aromatic heterocycles. The van der Waals surface area contributed by atoms with Crippen LogP contribution in [-0.4, -0.2) is 10.9 Å². The summed E-state index contributed by atoms with van der Waals surface area (Å²) < 4.78 is 0. The van der Waals surface area contributed by atoms with E-state index in [-0.39, 0.29) is 11.5 Å². The number of rotatable bonds is 4. The SMILES string of the molecule is Cc1cc2c(cc1C)CN(c1ccc(C(=O)/C=C/c3ccc(O)cc3)cc1)C2. The molecule has 28 heavy (non-hydrogen) atoms. The highest BCUT2D eigenvalue weighted by Gasteiger charge is 2.20. The van der Waals surface area contributed by atoms with Crippen molar-refractivity contribution >= 4 is 17.5 Å². The van der Waals surface area contributed by atoms with Gasteiger partial charge in [0.25, 0.3) is 0 Å². The van der Waals surface area contributed by atoms with Gasteiger partial charge in [-0.05, 0) is 84.1 Å². The van der Waals surface area contributed by atoms with Crippen molar-refractivity contribution in [1.82, 2.24) is 0 Å². The number of aryl methyl sites for hydroxylation is 2. The van der Waals surface area contributed by atoms with Crippen molar-refractivity contribution < 1.29 is 9.90 Å². The first-order valence-corrected chi connectivity index (χ1v) is 9.45. The van der Waals surface area contributed by atoms with Gasteiger partial charge in [0.2, 0.25) is 0 Å². The molecule has 3 nitrogen and oxygen atoms in total. The number of aromatic hydroxyl groups is 1. The molecule has 1 N–H and O–H groups in total. The van der Waals surface area contributed by atoms with E-state index in [0.29, 0.717) is 5.56 Å². The second-order valence-corrected chi connectivity index (χ2v) is 7.40. The summed E-state index contributed by atoms with van der Waals surface area (Å²) in [6.07, 6.45) is 3.33. The first-order valence-electron chi connectivity index (χ1n) is 9.45. The van der Waals surface area contributed by atoms with Crippen molar-refractivity contribution in [3.05, 3.63) is 100 Å². The van der Waals surface area contributed by atoms with Gasteiger partial charge in [0, 0.05) is 24.3 Å². The van der Waals surface area contributed by atoms with E-state index in [2.05, 4.69) is 30.9 Å². The summed E-state index contributed by atoms with van der Waals surface area (Å²) in [5, 5.41) is 9.32. The Morgan fingerprint density at radius 1 is 0.893 bits per heavy atom. The highest BCUT2D eigenvalue weighted by Crippen LogP contribution is 2.30. The second-order valence-electron chi connectivity index (χ2n) is 7.40. The summed E-state index contributed by atoms with van der Waals surface area (Å²) in [7, 11) is 0. The van der Waals surface area contributed by atoms with Crippen LogP contribution in [0.4, 0.5) is 5.69 Å². The van der Waals surface area contributed by atoms with Gasteiger partial charge in [0.15, 0.2) is 5.78 Å². The summed E-state index contributed by atoms with van der Waals surface area (Å²) in [6.45, 7) is 6.13. The maximum absolute atomic E-state index is 12.4. The fourth-order valence-electron chi connectivity index (χ4n) is 3.57. The topological polar surface area (TPSA) is 40.5 Å². The standard InChI is InChI=1S/C25H23NO2/c1-17-13-21-15-26(16-22(21)14-18(17)2)23-8-6-20(7-9-23)25(28)12-5-19-3-10-24(27)11-4-19/h3-14,27H,15-16H2,1-2H3/b12-5+. The third kappa shape index (κ3) is 3.70. The van der Waals surface area contributed by atoms with Crippen LogP contribution in [0.15, 0.2) is 66.7 Å². The molecular weight excluding hydrogens is 346 g/mol. The quantitative estimate of drug-likeness (QED) is 0.493. The lowest BCUT2D eigenvalue weighted by atomic mass is 10.0. The lowest BCUT2D eigenvalue weighted by Gasteiger charge is -2.17. The number of phenols is 1. The maximum atomic E-state index is 12.4. The molecule has 1 aliphatic rings. The van der Waals surface area contributed by atoms with Crippen molar-refractivity contribution in [3.63, 3.8) is 0 Å². The molecule has 0 amide bonds. The Morgan fingerprint density at radius 2 is 1.46 bits per heavy atom. The molecule has 0 saturated heterocycles. The number of nitrogens with zero attached hydrogens (tertiary/aromatic N) is 1. The minimum atomic E-state index is -0.0319. The van der Waals surface area contributed by atoms with Gasteiger partial charge in [-0.2, -0.15) is 0 Å². The van der Waals surface area contributed by atoms with Crippen LogP contribution in [0.3, 0.4) is 0 Å². The van der Waals surface area contributed by atoms with Crippen LogP contribution >= 0.6 is 0 Å². The van der Waals surface area contributed by atoms with Crippen LogP contribution in [0, 0.1) is 13.8 Å². The number of carbonyl (C=O) groups is 1. The van der Waals surface area contributed by atoms with Crippen molar-refractivity contribution in [2.45, 2.75) is 26.9 Å². The van der Waals surface area contributed by atoms with E-state index in [9.17, 15) is 9.90 Å². The number of anilines is 1. The zero-order valence-electron chi connectivity index (χ0n) is 16.1. The molecule has 3 aromatic carbocycles. The lowest BCUT2D eigenvalue weighted by Crippen LogP contribution is -2.14. The van der Waals surface area contributed by atoms with E-state index in [0.717, 1.165) is 24.3 Å². The average molecular weight is 369 g/mol. The summed E-state index contributed by atoms with van der Waals surface area (Å²) in [6, 6.07) is 19.2. The Kier molecular flexibility index (Phi) is 4.74. The fraction of sp³-hybridized carbons (Fsp3) is 0.160. The van der Waals surface area contributed by atoms with Crippen molar-refractivity contribution in [2.75, 3.05) is 4.90 Å². The number of fused-ring (bicyclic) bond motifs is 1. The second kappa shape index (κ2) is 7.35. The van der Waals surface area contributed by atoms with Gasteiger partial charge >= 0.3 is 0 Å². The minimum Gasteiger partial charge on any atom is -0.508 e. The first-order chi connectivity index (χ1) is 13.5. The van der Waals surface area contributed by atoms with Gasteiger partial charge in [-0.15, -0.1) is 0 Å². The zero-order chi connectivity index (χ0) is 19.7. The molecule has 3 aromatic rings. The Balaban J connectivity index is 1.45. The van der Waals surface area contributed by atoms with Crippen LogP contribution in [-0.2, 0) is 13.1 Å². The number of carbonyl (C=O) groups excluding carboxylic acids is 1. The van der Waals surface area contributed by atoms with E-state index in [1.807, 2.05) is 24.3 Å². The summed E-state index contributed by atoms with van der Waals surface area (Å²) in [5.41, 5.74) is 8.13. The molecule has 3 heteroatoms. The molecule has 0 bridgehead atoms. The first kappa shape index (κ1) is 18.1. The maximum Gasteiger partial charge on any atom is 0.185 e. The van der Waals surface area contributed by atoms with Gasteiger partial charge in [-0.1, -0.05) is 30.3 Å². The number of hydrogen-bond acceptors (Lipinski definition) is 3. The van der Waals surface area contributed by atoms with E-state index in [4.69, 9.17) is 0 Å². The number of benzene rings is 3. The van der Waals surface area contributed by atoms with Crippen LogP contribution in [0.2, 0.25) is 0 Å². The lowest BCUT2D eigenvalue weighted by molar-refractivity contribution is 0.104. The molecule has 0 aliphatic carbocycles. The van der Waals surface area contributed by atoms with Crippen molar-refractivity contribution in [1.29, 1.82) is 0 Å². The van der Waals surface area contributed by atoms with Gasteiger partial charge < -0.3 is 10.0 Å². The molecule has 0 atom stereocenters. The molecule has 4 rings (SSSR count). The third-order valence-electron chi connectivity index (χ3n) is 5.38. The Bertz CT molecular complexity index is 1020. The average Bonchev–Trinajstić information content (AvgIpc) is 3.10. The molecule has 0 fully saturated rings. The van der Waals surface area contributed by atoms with Gasteiger partial charge in [-0.25, -0.2) is 0 Å². The summed E-state index contributed by atoms with van der Waals surface area (Å²) in [4.78, 5) is 14.8. The number of ketones is 1. The number of phenolic OH excluding ortho intramolecular Hbond substituents is 1. The van der Waals surface area contributed by atoms with Gasteiger partial charge in [-0.3, -0.25) is 4.79 Å². The number of hydrogen-bond donors (Lipinski definition) is 1. The predicted molar refractivity (Wildman–Crippen MR) is 114 cm³/mol. The Morgan fingerprint density at radius 3 is 2.04 bits per heavy atom. The molecule has 0 radical (unpaired) electrons. The monoisotopic (exact) mass is 369 g/mol. The largest absolute Gasteiger partial charge is 0.508 e. The number of allylic oxidation sites excluding steroid dienone is 1.